The molecule has 1 N–H and O–H groups in total. The molecule has 1 aliphatic heterocycles. The summed E-state index contributed by atoms with van der Waals surface area (Å²) in [6.45, 7) is 2.47. The Morgan fingerprint density at radius 3 is 2.76 bits per heavy atom. The first-order valence-corrected chi connectivity index (χ1v) is 13.1. The van der Waals surface area contributed by atoms with E-state index in [0.717, 1.165) is 41.0 Å². The van der Waals surface area contributed by atoms with Gasteiger partial charge in [-0.2, -0.15) is 0 Å². The van der Waals surface area contributed by atoms with Gasteiger partial charge >= 0.3 is 5.97 Å². The molecule has 0 unspecified atom stereocenters. The van der Waals surface area contributed by atoms with Crippen LogP contribution in [-0.4, -0.2) is 35.0 Å². The first kappa shape index (κ1) is 22.7. The number of nitrogens with zero attached hydrogens (tertiary/aromatic N) is 1. The number of fused-ring (bicyclic) bond motifs is 1. The van der Waals surface area contributed by atoms with E-state index in [4.69, 9.17) is 9.15 Å². The molecule has 0 saturated carbocycles. The first-order valence-electron chi connectivity index (χ1n) is 11.2. The topological polar surface area (TPSA) is 88.8 Å². The van der Waals surface area contributed by atoms with Crippen LogP contribution in [0.1, 0.15) is 61.2 Å². The van der Waals surface area contributed by atoms with E-state index in [0.29, 0.717) is 28.4 Å². The molecule has 0 radical (unpaired) electrons. The summed E-state index contributed by atoms with van der Waals surface area (Å²) in [6, 6.07) is 10.9. The Kier molecular flexibility index (Phi) is 6.47. The van der Waals surface area contributed by atoms with Gasteiger partial charge in [0.15, 0.2) is 0 Å². The summed E-state index contributed by atoms with van der Waals surface area (Å²) in [5.74, 6) is 0.544. The van der Waals surface area contributed by atoms with Crippen molar-refractivity contribution in [2.45, 2.75) is 38.1 Å². The number of hydrogen-bond acceptors (Lipinski definition) is 7. The maximum Gasteiger partial charge on any atom is 0.341 e. The van der Waals surface area contributed by atoms with E-state index in [1.165, 1.54) is 11.3 Å². The number of carbonyl (C=O) groups is 3. The van der Waals surface area contributed by atoms with Crippen LogP contribution >= 0.6 is 23.1 Å². The van der Waals surface area contributed by atoms with Gasteiger partial charge in [0.2, 0.25) is 5.91 Å². The Labute approximate surface area is 205 Å². The molecule has 7 nitrogen and oxygen atoms in total. The minimum Gasteiger partial charge on any atom is -0.467 e. The Hall–Kier alpha value is -3.04. The van der Waals surface area contributed by atoms with Crippen LogP contribution in [0.25, 0.3) is 0 Å². The molecular formula is C25H24N2O5S2. The first-order chi connectivity index (χ1) is 16.5. The molecule has 1 saturated heterocycles. The van der Waals surface area contributed by atoms with Crippen LogP contribution in [0.15, 0.2) is 47.1 Å². The van der Waals surface area contributed by atoms with Gasteiger partial charge in [-0.25, -0.2) is 4.79 Å². The number of anilines is 1. The van der Waals surface area contributed by atoms with Crippen molar-refractivity contribution in [1.29, 1.82) is 0 Å². The number of nitrogens with one attached hydrogen (secondary N) is 1. The van der Waals surface area contributed by atoms with E-state index >= 15 is 0 Å². The number of amides is 2. The fourth-order valence-electron chi connectivity index (χ4n) is 4.36. The molecular weight excluding hydrogens is 472 g/mol. The van der Waals surface area contributed by atoms with Crippen LogP contribution < -0.4 is 5.32 Å². The summed E-state index contributed by atoms with van der Waals surface area (Å²) in [7, 11) is 0. The summed E-state index contributed by atoms with van der Waals surface area (Å²) in [6.07, 6.45) is 4.36. The number of ether oxygens (including phenoxy) is 1. The standard InChI is InChI=1S/C25H24N2O5S2/c1-2-31-25(30)21-18-6-3-7-19(18)34-23(21)26-22(29)15-8-10-16(11-9-15)24-27(20(28)14-33-24)13-17-5-4-12-32-17/h4-5,8-12,24H,2-3,6-7,13-14H2,1H3,(H,26,29)/t24-/m1/s1. The minimum absolute atomic E-state index is 0.0606. The van der Waals surface area contributed by atoms with Gasteiger partial charge in [0.1, 0.15) is 16.1 Å². The van der Waals surface area contributed by atoms with E-state index < -0.39 is 0 Å². The number of hydrogen-bond donors (Lipinski definition) is 1. The molecule has 176 valence electrons. The highest BCUT2D eigenvalue weighted by molar-refractivity contribution is 8.00. The summed E-state index contributed by atoms with van der Waals surface area (Å²) in [4.78, 5) is 40.9. The third-order valence-electron chi connectivity index (χ3n) is 5.96. The molecule has 3 aromatic rings. The van der Waals surface area contributed by atoms with Crippen LogP contribution in [0.5, 0.6) is 0 Å². The Balaban J connectivity index is 1.32. The van der Waals surface area contributed by atoms with Gasteiger partial charge < -0.3 is 19.4 Å². The second kappa shape index (κ2) is 9.68. The third-order valence-corrected chi connectivity index (χ3v) is 8.42. The Bertz CT molecular complexity index is 1220. The molecule has 1 aliphatic carbocycles. The third kappa shape index (κ3) is 4.37. The second-order valence-corrected chi connectivity index (χ2v) is 10.3. The van der Waals surface area contributed by atoms with Gasteiger partial charge in [0.25, 0.3) is 5.91 Å². The lowest BCUT2D eigenvalue weighted by Gasteiger charge is -2.23. The van der Waals surface area contributed by atoms with Crippen LogP contribution in [0.3, 0.4) is 0 Å². The van der Waals surface area contributed by atoms with E-state index in [1.54, 1.807) is 48.0 Å². The van der Waals surface area contributed by atoms with Crippen molar-refractivity contribution in [3.63, 3.8) is 0 Å². The number of furan rings is 1. The highest BCUT2D eigenvalue weighted by Crippen LogP contribution is 2.41. The molecule has 2 aliphatic rings. The number of carbonyl (C=O) groups excluding carboxylic acids is 3. The van der Waals surface area contributed by atoms with Crippen molar-refractivity contribution in [3.05, 3.63) is 75.6 Å². The number of esters is 1. The molecule has 5 rings (SSSR count). The molecule has 2 aromatic heterocycles. The Morgan fingerprint density at radius 1 is 1.21 bits per heavy atom. The zero-order valence-electron chi connectivity index (χ0n) is 18.7. The van der Waals surface area contributed by atoms with Crippen molar-refractivity contribution in [2.24, 2.45) is 0 Å². The van der Waals surface area contributed by atoms with Crippen molar-refractivity contribution in [2.75, 3.05) is 17.7 Å². The molecule has 2 amide bonds. The van der Waals surface area contributed by atoms with Gasteiger partial charge in [0, 0.05) is 10.4 Å². The summed E-state index contributed by atoms with van der Waals surface area (Å²) >= 11 is 3.02. The summed E-state index contributed by atoms with van der Waals surface area (Å²) in [5.41, 5.74) is 2.94. The predicted molar refractivity (Wildman–Crippen MR) is 131 cm³/mol. The monoisotopic (exact) mass is 496 g/mol. The number of thiophene rings is 1. The predicted octanol–water partition coefficient (Wildman–Crippen LogP) is 5.03. The van der Waals surface area contributed by atoms with Crippen LogP contribution in [-0.2, 0) is 28.9 Å². The summed E-state index contributed by atoms with van der Waals surface area (Å²) in [5, 5.41) is 3.35. The molecule has 3 heterocycles. The van der Waals surface area contributed by atoms with Crippen molar-refractivity contribution < 1.29 is 23.5 Å². The molecule has 1 fully saturated rings. The highest BCUT2D eigenvalue weighted by Gasteiger charge is 2.33. The number of aryl methyl sites for hydroxylation is 1. The van der Waals surface area contributed by atoms with E-state index in [2.05, 4.69) is 5.32 Å². The van der Waals surface area contributed by atoms with E-state index in [1.807, 2.05) is 18.2 Å². The van der Waals surface area contributed by atoms with Gasteiger partial charge in [-0.3, -0.25) is 9.59 Å². The zero-order valence-corrected chi connectivity index (χ0v) is 20.3. The number of thioether (sulfide) groups is 1. The lowest BCUT2D eigenvalue weighted by Crippen LogP contribution is -2.27. The van der Waals surface area contributed by atoms with Crippen LogP contribution in [0.2, 0.25) is 0 Å². The average molecular weight is 497 g/mol. The number of rotatable bonds is 7. The quantitative estimate of drug-likeness (QED) is 0.462. The molecule has 1 aromatic carbocycles. The smallest absolute Gasteiger partial charge is 0.341 e. The van der Waals surface area contributed by atoms with Gasteiger partial charge in [0.05, 0.1) is 30.7 Å². The fraction of sp³-hybridized carbons (Fsp3) is 0.320. The SMILES string of the molecule is CCOC(=O)c1c(NC(=O)c2ccc([C@H]3SCC(=O)N3Cc3ccco3)cc2)sc2c1CCC2. The van der Waals surface area contributed by atoms with Crippen molar-refractivity contribution >= 4 is 45.9 Å². The Morgan fingerprint density at radius 2 is 2.03 bits per heavy atom. The fourth-order valence-corrected chi connectivity index (χ4v) is 6.82. The summed E-state index contributed by atoms with van der Waals surface area (Å²) < 4.78 is 10.7. The van der Waals surface area contributed by atoms with Crippen molar-refractivity contribution in [3.8, 4) is 0 Å². The van der Waals surface area contributed by atoms with Gasteiger partial charge in [-0.1, -0.05) is 12.1 Å². The minimum atomic E-state index is -0.382. The van der Waals surface area contributed by atoms with Gasteiger partial charge in [-0.05, 0) is 61.6 Å². The van der Waals surface area contributed by atoms with E-state index in [9.17, 15) is 14.4 Å². The highest BCUT2D eigenvalue weighted by atomic mass is 32.2. The van der Waals surface area contributed by atoms with Gasteiger partial charge in [-0.15, -0.1) is 23.1 Å². The average Bonchev–Trinajstić information content (AvgIpc) is 3.61. The van der Waals surface area contributed by atoms with Crippen molar-refractivity contribution in [1.82, 2.24) is 4.90 Å². The number of benzene rings is 1. The second-order valence-electron chi connectivity index (χ2n) is 8.12. The molecule has 1 atom stereocenters. The lowest BCUT2D eigenvalue weighted by atomic mass is 10.1. The lowest BCUT2D eigenvalue weighted by molar-refractivity contribution is -0.128. The zero-order chi connectivity index (χ0) is 23.7. The normalized spacial score (nSPS) is 17.1. The van der Waals surface area contributed by atoms with Crippen LogP contribution in [0.4, 0.5) is 5.00 Å². The maximum absolute atomic E-state index is 13.0. The molecule has 0 bridgehead atoms. The van der Waals surface area contributed by atoms with Crippen LogP contribution in [0, 0.1) is 0 Å². The largest absolute Gasteiger partial charge is 0.467 e. The van der Waals surface area contributed by atoms with E-state index in [-0.39, 0.29) is 29.8 Å². The molecule has 9 heteroatoms. The molecule has 34 heavy (non-hydrogen) atoms. The molecule has 0 spiro atoms. The maximum atomic E-state index is 13.0.